The molecule has 0 aliphatic rings. The number of aromatic nitrogens is 4. The maximum absolute atomic E-state index is 13.6. The van der Waals surface area contributed by atoms with E-state index < -0.39 is 11.2 Å². The molecule has 1 atom stereocenters. The molecule has 0 saturated carbocycles. The summed E-state index contributed by atoms with van der Waals surface area (Å²) in [6.45, 7) is 3.73. The second kappa shape index (κ2) is 5.79. The number of hydrogen-bond donors (Lipinski definition) is 2. The van der Waals surface area contributed by atoms with E-state index in [4.69, 9.17) is 5.73 Å². The maximum Gasteiger partial charge on any atom is 0.373 e. The molecule has 0 fully saturated rings. The summed E-state index contributed by atoms with van der Waals surface area (Å²) in [6.07, 6.45) is 1.43. The van der Waals surface area contributed by atoms with Gasteiger partial charge in [0.15, 0.2) is 11.2 Å². The van der Waals surface area contributed by atoms with Crippen molar-refractivity contribution < 1.29 is 8.78 Å². The van der Waals surface area contributed by atoms with Gasteiger partial charge in [0, 0.05) is 0 Å². The predicted octanol–water partition coefficient (Wildman–Crippen LogP) is 1.96. The average molecular weight is 350 g/mol. The van der Waals surface area contributed by atoms with Crippen molar-refractivity contribution in [1.82, 2.24) is 19.5 Å². The topological polar surface area (TPSA) is 89.6 Å². The third kappa shape index (κ3) is 2.92. The van der Waals surface area contributed by atoms with E-state index in [9.17, 15) is 13.6 Å². The molecule has 0 bridgehead atoms. The van der Waals surface area contributed by atoms with E-state index in [1.54, 1.807) is 28.8 Å². The summed E-state index contributed by atoms with van der Waals surface area (Å²) in [7, 11) is 0.581. The molecule has 0 spiro atoms. The molecule has 0 saturated heterocycles. The van der Waals surface area contributed by atoms with E-state index >= 15 is 0 Å². The van der Waals surface area contributed by atoms with Gasteiger partial charge in [-0.1, -0.05) is 30.8 Å². The number of nitrogens with one attached hydrogen (secondary N) is 1. The lowest BCUT2D eigenvalue weighted by atomic mass is 10.0. The second-order valence-electron chi connectivity index (χ2n) is 5.34. The number of nitrogen functional groups attached to an aromatic ring is 1. The number of anilines is 1. The first-order valence-electron chi connectivity index (χ1n) is 6.99. The van der Waals surface area contributed by atoms with Gasteiger partial charge in [0.05, 0.1) is 27.7 Å². The quantitative estimate of drug-likeness (QED) is 0.704. The first-order chi connectivity index (χ1) is 11.3. The molecule has 3 rings (SSSR count). The van der Waals surface area contributed by atoms with Gasteiger partial charge in [0.25, 0.3) is 5.56 Å². The van der Waals surface area contributed by atoms with E-state index in [2.05, 4.69) is 21.5 Å². The van der Waals surface area contributed by atoms with E-state index in [-0.39, 0.29) is 23.6 Å². The van der Waals surface area contributed by atoms with Gasteiger partial charge in [0.1, 0.15) is 0 Å². The molecule has 0 radical (unpaired) electrons. The Labute approximate surface area is 137 Å². The zero-order chi connectivity index (χ0) is 17.5. The molecule has 3 N–H and O–H groups in total. The van der Waals surface area contributed by atoms with Crippen LogP contribution in [0.2, 0.25) is 0 Å². The minimum Gasteiger partial charge on any atom is -0.369 e. The third-order valence-electron chi connectivity index (χ3n) is 3.62. The van der Waals surface area contributed by atoms with E-state index in [0.29, 0.717) is 26.0 Å². The van der Waals surface area contributed by atoms with Crippen molar-refractivity contribution in [1.29, 1.82) is 0 Å². The molecule has 24 heavy (non-hydrogen) atoms. The fourth-order valence-electron chi connectivity index (χ4n) is 2.42. The van der Waals surface area contributed by atoms with Crippen LogP contribution in [-0.2, 0) is 6.54 Å². The number of hydrogen-bond acceptors (Lipinski definition) is 4. The summed E-state index contributed by atoms with van der Waals surface area (Å²) in [5.41, 5.74) is 3.26. The number of H-pyrrole nitrogens is 1. The summed E-state index contributed by atoms with van der Waals surface area (Å²) in [5.74, 6) is -0.0340. The molecule has 0 aliphatic carbocycles. The molecule has 2 aromatic heterocycles. The molecule has 124 valence electrons. The Morgan fingerprint density at radius 3 is 2.83 bits per heavy atom. The lowest BCUT2D eigenvalue weighted by Gasteiger charge is -2.14. The highest BCUT2D eigenvalue weighted by atomic mass is 31.0. The van der Waals surface area contributed by atoms with Crippen LogP contribution in [-0.4, -0.2) is 25.2 Å². The Hall–Kier alpha value is -2.60. The number of fused-ring (bicyclic) bond motifs is 1. The fourth-order valence-corrected chi connectivity index (χ4v) is 2.61. The van der Waals surface area contributed by atoms with Crippen LogP contribution in [0.4, 0.5) is 14.7 Å². The van der Waals surface area contributed by atoms with Crippen LogP contribution in [0.3, 0.4) is 0 Å². The fraction of sp³-hybridized carbons (Fsp3) is 0.133. The molecule has 6 nitrogen and oxygen atoms in total. The van der Waals surface area contributed by atoms with E-state index in [1.807, 2.05) is 0 Å². The minimum atomic E-state index is -3.01. The number of alkyl halides is 2. The molecule has 1 aromatic carbocycles. The molecule has 3 aromatic rings. The Balaban J connectivity index is 2.08. The van der Waals surface area contributed by atoms with Gasteiger partial charge >= 0.3 is 5.66 Å². The van der Waals surface area contributed by atoms with Crippen LogP contribution in [0.25, 0.3) is 16.7 Å². The summed E-state index contributed by atoms with van der Waals surface area (Å²) >= 11 is 0. The molecule has 1 unspecified atom stereocenters. The Morgan fingerprint density at radius 2 is 2.12 bits per heavy atom. The third-order valence-corrected chi connectivity index (χ3v) is 4.04. The van der Waals surface area contributed by atoms with Crippen LogP contribution < -0.4 is 11.3 Å². The SMILES string of the molecule is C=C(c1ccccc1Cn1cnc2c(=O)[nH]c(N)nc21)C(F)(F)[PH3+]. The zero-order valence-electron chi connectivity index (χ0n) is 12.6. The van der Waals surface area contributed by atoms with Gasteiger partial charge in [0.2, 0.25) is 5.95 Å². The summed E-state index contributed by atoms with van der Waals surface area (Å²) in [6, 6.07) is 6.73. The van der Waals surface area contributed by atoms with Crippen molar-refractivity contribution in [2.75, 3.05) is 5.73 Å². The summed E-state index contributed by atoms with van der Waals surface area (Å²) < 4.78 is 28.9. The minimum absolute atomic E-state index is 0.0340. The Bertz CT molecular complexity index is 989. The maximum atomic E-state index is 13.6. The van der Waals surface area contributed by atoms with Crippen molar-refractivity contribution >= 4 is 31.9 Å². The van der Waals surface area contributed by atoms with Crippen LogP contribution in [0, 0.1) is 0 Å². The van der Waals surface area contributed by atoms with Crippen molar-refractivity contribution in [3.05, 3.63) is 58.7 Å². The lowest BCUT2D eigenvalue weighted by Crippen LogP contribution is -2.13. The van der Waals surface area contributed by atoms with Crippen LogP contribution >= 0.6 is 9.24 Å². The highest BCUT2D eigenvalue weighted by Gasteiger charge is 2.33. The number of nitrogens with two attached hydrogens (primary N) is 1. The molecular weight excluding hydrogens is 335 g/mol. The van der Waals surface area contributed by atoms with Crippen molar-refractivity contribution in [3.8, 4) is 0 Å². The van der Waals surface area contributed by atoms with Gasteiger partial charge in [-0.2, -0.15) is 13.8 Å². The number of benzene rings is 1. The summed E-state index contributed by atoms with van der Waals surface area (Å²) in [5, 5.41) is 0. The monoisotopic (exact) mass is 350 g/mol. The van der Waals surface area contributed by atoms with Gasteiger partial charge in [-0.15, -0.1) is 0 Å². The smallest absolute Gasteiger partial charge is 0.369 e. The van der Waals surface area contributed by atoms with E-state index in [1.165, 1.54) is 6.33 Å². The van der Waals surface area contributed by atoms with Gasteiger partial charge in [-0.25, -0.2) is 4.98 Å². The van der Waals surface area contributed by atoms with Crippen LogP contribution in [0.5, 0.6) is 0 Å². The molecule has 0 amide bonds. The standard InChI is InChI=1S/C15H14F2N5OP/c1-8(15(16,17)24)10-5-3-2-4-9(10)6-22-7-19-11-12(22)20-14(18)21-13(11)23/h2-5,7H,1,6,24H2,(H3,18,20,21,23)/p+1. The first-order valence-corrected chi connectivity index (χ1v) is 7.69. The zero-order valence-corrected chi connectivity index (χ0v) is 14.0. The largest absolute Gasteiger partial charge is 0.373 e. The van der Waals surface area contributed by atoms with Gasteiger partial charge in [-0.3, -0.25) is 9.78 Å². The van der Waals surface area contributed by atoms with Gasteiger partial charge < -0.3 is 10.3 Å². The normalized spacial score (nSPS) is 11.9. The van der Waals surface area contributed by atoms with E-state index in [0.717, 1.165) is 0 Å². The number of halogens is 2. The van der Waals surface area contributed by atoms with Crippen molar-refractivity contribution in [3.63, 3.8) is 0 Å². The molecule has 9 heteroatoms. The molecular formula is C15H15F2N5OP+. The van der Waals surface area contributed by atoms with Crippen LogP contribution in [0.15, 0.2) is 42.0 Å². The Morgan fingerprint density at radius 1 is 1.42 bits per heavy atom. The molecule has 0 aliphatic heterocycles. The predicted molar refractivity (Wildman–Crippen MR) is 93.2 cm³/mol. The summed E-state index contributed by atoms with van der Waals surface area (Å²) in [4.78, 5) is 22.3. The number of rotatable bonds is 4. The highest BCUT2D eigenvalue weighted by Crippen LogP contribution is 2.38. The lowest BCUT2D eigenvalue weighted by molar-refractivity contribution is 0.173. The first kappa shape index (κ1) is 16.3. The number of imidazole rings is 1. The number of aromatic amines is 1. The number of nitrogens with zero attached hydrogens (tertiary/aromatic N) is 3. The Kier molecular flexibility index (Phi) is 3.93. The number of allylic oxidation sites excluding steroid dienone is 1. The van der Waals surface area contributed by atoms with Crippen molar-refractivity contribution in [2.45, 2.75) is 12.2 Å². The highest BCUT2D eigenvalue weighted by molar-refractivity contribution is 7.19. The molecule has 2 heterocycles. The average Bonchev–Trinajstić information content (AvgIpc) is 2.89. The second-order valence-corrected chi connectivity index (χ2v) is 6.22. The van der Waals surface area contributed by atoms with Crippen LogP contribution in [0.1, 0.15) is 11.1 Å². The van der Waals surface area contributed by atoms with Crippen molar-refractivity contribution in [2.24, 2.45) is 0 Å². The van der Waals surface area contributed by atoms with Gasteiger partial charge in [-0.05, 0) is 11.1 Å².